The van der Waals surface area contributed by atoms with Crippen LogP contribution in [-0.2, 0) is 11.3 Å². The molecule has 2 heterocycles. The number of halogens is 2. The smallest absolute Gasteiger partial charge is 0.220 e. The Morgan fingerprint density at radius 2 is 2.19 bits per heavy atom. The maximum absolute atomic E-state index is 12.1. The summed E-state index contributed by atoms with van der Waals surface area (Å²) in [6.45, 7) is 5.99. The van der Waals surface area contributed by atoms with Gasteiger partial charge in [0.2, 0.25) is 5.91 Å². The third-order valence-electron chi connectivity index (χ3n) is 5.07. The summed E-state index contributed by atoms with van der Waals surface area (Å²) in [5.41, 5.74) is 2.18. The van der Waals surface area contributed by atoms with E-state index in [4.69, 9.17) is 0 Å². The van der Waals surface area contributed by atoms with Crippen molar-refractivity contribution >= 4 is 41.8 Å². The molecule has 7 heteroatoms. The van der Waals surface area contributed by atoms with Gasteiger partial charge in [-0.15, -0.1) is 24.8 Å². The van der Waals surface area contributed by atoms with Crippen LogP contribution < -0.4 is 10.6 Å². The topological polar surface area (TPSA) is 59.0 Å². The Bertz CT molecular complexity index is 670. The monoisotopic (exact) mass is 400 g/mol. The number of amides is 1. The molecule has 2 unspecified atom stereocenters. The molecule has 1 aromatic heterocycles. The van der Waals surface area contributed by atoms with Gasteiger partial charge in [0.25, 0.3) is 0 Å². The number of hydrogen-bond acceptors (Lipinski definition) is 3. The van der Waals surface area contributed by atoms with E-state index in [1.807, 2.05) is 24.5 Å². The van der Waals surface area contributed by atoms with Gasteiger partial charge in [0.05, 0.1) is 17.4 Å². The zero-order valence-corrected chi connectivity index (χ0v) is 17.0. The summed E-state index contributed by atoms with van der Waals surface area (Å²) in [4.78, 5) is 16.5. The number of carbonyl (C=O) groups excluding carboxylic acids is 1. The molecule has 1 aliphatic heterocycles. The van der Waals surface area contributed by atoms with E-state index in [9.17, 15) is 4.79 Å². The second-order valence-electron chi connectivity index (χ2n) is 6.92. The molecule has 0 radical (unpaired) electrons. The van der Waals surface area contributed by atoms with E-state index >= 15 is 0 Å². The largest absolute Gasteiger partial charge is 0.356 e. The van der Waals surface area contributed by atoms with Crippen molar-refractivity contribution in [3.05, 3.63) is 30.6 Å². The van der Waals surface area contributed by atoms with E-state index < -0.39 is 0 Å². The predicted octanol–water partition coefficient (Wildman–Crippen LogP) is 3.41. The van der Waals surface area contributed by atoms with Crippen molar-refractivity contribution in [3.63, 3.8) is 0 Å². The number of benzene rings is 1. The molecule has 2 aromatic rings. The van der Waals surface area contributed by atoms with Gasteiger partial charge in [-0.25, -0.2) is 4.98 Å². The van der Waals surface area contributed by atoms with Crippen LogP contribution >= 0.6 is 24.8 Å². The lowest BCUT2D eigenvalue weighted by Gasteiger charge is -2.28. The lowest BCUT2D eigenvalue weighted by molar-refractivity contribution is -0.122. The number of fused-ring (bicyclic) bond motifs is 1. The first-order valence-electron chi connectivity index (χ1n) is 9.11. The number of nitrogens with zero attached hydrogens (tertiary/aromatic N) is 2. The first-order chi connectivity index (χ1) is 11.7. The summed E-state index contributed by atoms with van der Waals surface area (Å²) in [5.74, 6) is 1.28. The molecule has 2 N–H and O–H groups in total. The van der Waals surface area contributed by atoms with Gasteiger partial charge in [0.1, 0.15) is 0 Å². The number of para-hydroxylation sites is 2. The quantitative estimate of drug-likeness (QED) is 0.699. The van der Waals surface area contributed by atoms with Gasteiger partial charge >= 0.3 is 0 Å². The van der Waals surface area contributed by atoms with Crippen molar-refractivity contribution < 1.29 is 4.79 Å². The molecule has 1 aliphatic rings. The van der Waals surface area contributed by atoms with Crippen LogP contribution in [0.15, 0.2) is 30.6 Å². The van der Waals surface area contributed by atoms with Gasteiger partial charge in [-0.2, -0.15) is 0 Å². The molecule has 146 valence electrons. The number of piperidine rings is 1. The Morgan fingerprint density at radius 3 is 2.96 bits per heavy atom. The van der Waals surface area contributed by atoms with Crippen LogP contribution in [0.25, 0.3) is 11.0 Å². The molecule has 26 heavy (non-hydrogen) atoms. The fourth-order valence-corrected chi connectivity index (χ4v) is 3.56. The maximum Gasteiger partial charge on any atom is 0.220 e. The summed E-state index contributed by atoms with van der Waals surface area (Å²) in [5, 5.41) is 6.50. The zero-order chi connectivity index (χ0) is 16.8. The van der Waals surface area contributed by atoms with Crippen LogP contribution in [0.2, 0.25) is 0 Å². The number of rotatable bonds is 7. The predicted molar refractivity (Wildman–Crippen MR) is 111 cm³/mol. The van der Waals surface area contributed by atoms with Gasteiger partial charge in [0.15, 0.2) is 0 Å². The van der Waals surface area contributed by atoms with E-state index in [0.29, 0.717) is 18.3 Å². The Balaban J connectivity index is 0.00000169. The molecule has 0 bridgehead atoms. The Hall–Kier alpha value is -1.30. The van der Waals surface area contributed by atoms with Crippen LogP contribution in [0.4, 0.5) is 0 Å². The molecule has 0 saturated carbocycles. The average Bonchev–Trinajstić information content (AvgIpc) is 3.03. The number of hydrogen-bond donors (Lipinski definition) is 2. The fourth-order valence-electron chi connectivity index (χ4n) is 3.56. The van der Waals surface area contributed by atoms with Crippen molar-refractivity contribution in [3.8, 4) is 0 Å². The lowest BCUT2D eigenvalue weighted by Crippen LogP contribution is -2.35. The highest BCUT2D eigenvalue weighted by Crippen LogP contribution is 2.22. The Labute approximate surface area is 168 Å². The molecule has 2 atom stereocenters. The Kier molecular flexibility index (Phi) is 9.99. The van der Waals surface area contributed by atoms with Crippen LogP contribution in [0.5, 0.6) is 0 Å². The zero-order valence-electron chi connectivity index (χ0n) is 15.3. The number of aryl methyl sites for hydroxylation is 1. The molecular formula is C19H30Cl2N4O. The minimum atomic E-state index is 0. The lowest BCUT2D eigenvalue weighted by atomic mass is 9.85. The van der Waals surface area contributed by atoms with Gasteiger partial charge in [-0.1, -0.05) is 19.1 Å². The minimum absolute atomic E-state index is 0. The number of carbonyl (C=O) groups is 1. The second-order valence-corrected chi connectivity index (χ2v) is 6.92. The van der Waals surface area contributed by atoms with Crippen LogP contribution in [0.1, 0.15) is 32.6 Å². The molecule has 1 saturated heterocycles. The highest BCUT2D eigenvalue weighted by Gasteiger charge is 2.21. The molecule has 1 fully saturated rings. The van der Waals surface area contributed by atoms with Gasteiger partial charge in [-0.05, 0) is 56.3 Å². The summed E-state index contributed by atoms with van der Waals surface area (Å²) in [6, 6.07) is 8.14. The first-order valence-corrected chi connectivity index (χ1v) is 9.11. The second kappa shape index (κ2) is 11.4. The normalized spacial score (nSPS) is 17.8. The molecule has 0 aliphatic carbocycles. The number of aromatic nitrogens is 2. The van der Waals surface area contributed by atoms with E-state index in [0.717, 1.165) is 43.6 Å². The van der Waals surface area contributed by atoms with Gasteiger partial charge in [0, 0.05) is 19.5 Å². The summed E-state index contributed by atoms with van der Waals surface area (Å²) in [7, 11) is 0. The third-order valence-corrected chi connectivity index (χ3v) is 5.07. The number of imidazole rings is 1. The standard InChI is InChI=1S/C19H28N4O.2ClH/c1-15(16-6-4-9-20-13-16)12-19(24)21-10-5-11-23-14-22-17-7-2-3-8-18(17)23;;/h2-3,7-8,14-16,20H,4-6,9-13H2,1H3,(H,21,24);2*1H. The molecular weight excluding hydrogens is 371 g/mol. The average molecular weight is 401 g/mol. The van der Waals surface area contributed by atoms with Crippen molar-refractivity contribution in [2.24, 2.45) is 11.8 Å². The third kappa shape index (κ3) is 6.15. The molecule has 1 aromatic carbocycles. The molecule has 1 amide bonds. The summed E-state index contributed by atoms with van der Waals surface area (Å²) in [6.07, 6.45) is 5.92. The van der Waals surface area contributed by atoms with E-state index in [1.165, 1.54) is 12.8 Å². The number of nitrogens with one attached hydrogen (secondary N) is 2. The SMILES string of the molecule is CC(CC(=O)NCCCn1cnc2ccccc21)C1CCCNC1.Cl.Cl. The van der Waals surface area contributed by atoms with Gasteiger partial charge < -0.3 is 15.2 Å². The van der Waals surface area contributed by atoms with E-state index in [2.05, 4.69) is 33.2 Å². The summed E-state index contributed by atoms with van der Waals surface area (Å²) >= 11 is 0. The van der Waals surface area contributed by atoms with E-state index in [1.54, 1.807) is 0 Å². The maximum atomic E-state index is 12.1. The molecule has 0 spiro atoms. The highest BCUT2D eigenvalue weighted by molar-refractivity contribution is 5.85. The van der Waals surface area contributed by atoms with Crippen molar-refractivity contribution in [1.29, 1.82) is 0 Å². The van der Waals surface area contributed by atoms with Crippen molar-refractivity contribution in [1.82, 2.24) is 20.2 Å². The van der Waals surface area contributed by atoms with Crippen molar-refractivity contribution in [2.75, 3.05) is 19.6 Å². The van der Waals surface area contributed by atoms with Crippen molar-refractivity contribution in [2.45, 2.75) is 39.2 Å². The molecule has 3 rings (SSSR count). The highest BCUT2D eigenvalue weighted by atomic mass is 35.5. The first kappa shape index (κ1) is 22.7. The Morgan fingerprint density at radius 1 is 1.38 bits per heavy atom. The minimum Gasteiger partial charge on any atom is -0.356 e. The van der Waals surface area contributed by atoms with Crippen LogP contribution in [0.3, 0.4) is 0 Å². The van der Waals surface area contributed by atoms with E-state index in [-0.39, 0.29) is 30.7 Å². The van der Waals surface area contributed by atoms with Gasteiger partial charge in [-0.3, -0.25) is 4.79 Å². The fraction of sp³-hybridized carbons (Fsp3) is 0.579. The van der Waals surface area contributed by atoms with Crippen LogP contribution in [0, 0.1) is 11.8 Å². The summed E-state index contributed by atoms with van der Waals surface area (Å²) < 4.78 is 2.15. The molecule has 5 nitrogen and oxygen atoms in total. The van der Waals surface area contributed by atoms with Crippen LogP contribution in [-0.4, -0.2) is 35.1 Å².